The van der Waals surface area contributed by atoms with E-state index < -0.39 is 0 Å². The molecule has 5 rings (SSSR count). The van der Waals surface area contributed by atoms with Gasteiger partial charge < -0.3 is 4.90 Å². The smallest absolute Gasteiger partial charge is 0.255 e. The molecule has 2 heterocycles. The van der Waals surface area contributed by atoms with E-state index in [1.165, 1.54) is 11.3 Å². The first kappa shape index (κ1) is 14.7. The molecule has 25 heavy (non-hydrogen) atoms. The highest BCUT2D eigenvalue weighted by atomic mass is 16.2. The lowest BCUT2D eigenvalue weighted by Crippen LogP contribution is -2.44. The third-order valence-corrected chi connectivity index (χ3v) is 5.45. The average molecular weight is 335 g/mol. The van der Waals surface area contributed by atoms with E-state index in [4.69, 9.17) is 0 Å². The van der Waals surface area contributed by atoms with Crippen molar-refractivity contribution in [2.75, 3.05) is 0 Å². The van der Waals surface area contributed by atoms with Crippen LogP contribution in [0.25, 0.3) is 10.9 Å². The van der Waals surface area contributed by atoms with E-state index in [1.807, 2.05) is 37.6 Å². The van der Waals surface area contributed by atoms with Crippen molar-refractivity contribution < 1.29 is 4.79 Å². The number of H-pyrrole nitrogens is 1. The van der Waals surface area contributed by atoms with Crippen LogP contribution in [0.2, 0.25) is 0 Å². The summed E-state index contributed by atoms with van der Waals surface area (Å²) in [5.74, 6) is 0.151. The summed E-state index contributed by atoms with van der Waals surface area (Å²) in [5, 5.41) is 12.6. The van der Waals surface area contributed by atoms with Gasteiger partial charge in [-0.15, -0.1) is 0 Å². The molecule has 1 saturated carbocycles. The van der Waals surface area contributed by atoms with Crippen LogP contribution in [0.15, 0.2) is 30.6 Å². The Morgan fingerprint density at radius 2 is 2.16 bits per heavy atom. The lowest BCUT2D eigenvalue weighted by atomic mass is 9.91. The molecule has 0 bridgehead atoms. The zero-order valence-corrected chi connectivity index (χ0v) is 14.3. The summed E-state index contributed by atoms with van der Waals surface area (Å²) in [6.07, 6.45) is 8.96. The highest BCUT2D eigenvalue weighted by molar-refractivity contribution is 6.06. The number of rotatable bonds is 3. The van der Waals surface area contributed by atoms with E-state index >= 15 is 0 Å². The van der Waals surface area contributed by atoms with Gasteiger partial charge in [0.05, 0.1) is 17.3 Å². The van der Waals surface area contributed by atoms with Gasteiger partial charge in [-0.3, -0.25) is 14.6 Å². The van der Waals surface area contributed by atoms with Crippen molar-refractivity contribution in [1.29, 1.82) is 0 Å². The van der Waals surface area contributed by atoms with Crippen molar-refractivity contribution >= 4 is 16.8 Å². The molecule has 1 amide bonds. The van der Waals surface area contributed by atoms with E-state index in [1.54, 1.807) is 4.68 Å². The summed E-state index contributed by atoms with van der Waals surface area (Å²) < 4.78 is 1.78. The lowest BCUT2D eigenvalue weighted by molar-refractivity contribution is 0.0645. The van der Waals surface area contributed by atoms with Crippen molar-refractivity contribution in [2.45, 2.75) is 44.2 Å². The van der Waals surface area contributed by atoms with Gasteiger partial charge >= 0.3 is 0 Å². The van der Waals surface area contributed by atoms with Crippen molar-refractivity contribution in [3.8, 4) is 0 Å². The molecule has 128 valence electrons. The van der Waals surface area contributed by atoms with Crippen LogP contribution >= 0.6 is 0 Å². The molecule has 1 unspecified atom stereocenters. The number of aryl methyl sites for hydroxylation is 2. The monoisotopic (exact) mass is 335 g/mol. The number of carbonyl (C=O) groups is 1. The maximum Gasteiger partial charge on any atom is 0.255 e. The van der Waals surface area contributed by atoms with E-state index in [0.29, 0.717) is 6.04 Å². The molecule has 2 aliphatic carbocycles. The molecule has 1 N–H and O–H groups in total. The van der Waals surface area contributed by atoms with Crippen LogP contribution < -0.4 is 0 Å². The van der Waals surface area contributed by atoms with E-state index in [-0.39, 0.29) is 11.9 Å². The maximum absolute atomic E-state index is 13.5. The number of amides is 1. The molecular weight excluding hydrogens is 314 g/mol. The van der Waals surface area contributed by atoms with Gasteiger partial charge in [-0.2, -0.15) is 10.2 Å². The van der Waals surface area contributed by atoms with Crippen LogP contribution in [0, 0.1) is 0 Å². The average Bonchev–Trinajstić information content (AvgIpc) is 3.18. The van der Waals surface area contributed by atoms with Crippen molar-refractivity contribution in [1.82, 2.24) is 24.9 Å². The number of benzene rings is 1. The first-order valence-corrected chi connectivity index (χ1v) is 8.97. The van der Waals surface area contributed by atoms with Gasteiger partial charge in [0.1, 0.15) is 0 Å². The number of hydrogen-bond acceptors (Lipinski definition) is 3. The molecule has 2 aliphatic rings. The summed E-state index contributed by atoms with van der Waals surface area (Å²) in [6.45, 7) is 0. The van der Waals surface area contributed by atoms with Crippen molar-refractivity contribution in [3.05, 3.63) is 47.4 Å². The van der Waals surface area contributed by atoms with Gasteiger partial charge in [-0.25, -0.2) is 0 Å². The number of hydrogen-bond donors (Lipinski definition) is 1. The second kappa shape index (κ2) is 5.44. The van der Waals surface area contributed by atoms with E-state index in [9.17, 15) is 4.79 Å². The molecule has 6 nitrogen and oxygen atoms in total. The largest absolute Gasteiger partial charge is 0.332 e. The summed E-state index contributed by atoms with van der Waals surface area (Å²) in [5.41, 5.74) is 4.14. The molecule has 2 aromatic heterocycles. The van der Waals surface area contributed by atoms with Gasteiger partial charge in [-0.05, 0) is 49.8 Å². The summed E-state index contributed by atoms with van der Waals surface area (Å²) in [4.78, 5) is 15.6. The van der Waals surface area contributed by atoms with Crippen LogP contribution in [-0.4, -0.2) is 42.9 Å². The Balaban J connectivity index is 1.51. The van der Waals surface area contributed by atoms with Crippen molar-refractivity contribution in [2.24, 2.45) is 7.05 Å². The number of nitrogens with one attached hydrogen (secondary N) is 1. The Hall–Kier alpha value is -2.63. The molecule has 0 aliphatic heterocycles. The fourth-order valence-corrected chi connectivity index (χ4v) is 4.10. The minimum atomic E-state index is 0.151. The topological polar surface area (TPSA) is 66.8 Å². The van der Waals surface area contributed by atoms with Crippen molar-refractivity contribution in [3.63, 3.8) is 0 Å². The highest BCUT2D eigenvalue weighted by Gasteiger charge is 2.39. The summed E-state index contributed by atoms with van der Waals surface area (Å²) in [7, 11) is 1.90. The molecule has 1 aromatic carbocycles. The standard InChI is InChI=1S/C19H21N5O/c1-23-11-16-15(3-2-4-18(16)22-23)19(25)24(13-5-6-13)14-7-8-17-12(9-14)10-20-21-17/h2-4,10-11,13-14H,5-9H2,1H3,(H,20,21). The Bertz CT molecular complexity index is 952. The quantitative estimate of drug-likeness (QED) is 0.799. The maximum atomic E-state index is 13.5. The number of aromatic nitrogens is 4. The predicted molar refractivity (Wildman–Crippen MR) is 94.3 cm³/mol. The van der Waals surface area contributed by atoms with Crippen LogP contribution in [0.3, 0.4) is 0 Å². The van der Waals surface area contributed by atoms with Crippen LogP contribution in [0.1, 0.15) is 40.9 Å². The Kier molecular flexibility index (Phi) is 3.20. The third kappa shape index (κ3) is 2.44. The fourth-order valence-electron chi connectivity index (χ4n) is 4.10. The zero-order chi connectivity index (χ0) is 17.0. The van der Waals surface area contributed by atoms with Crippen LogP contribution in [0.5, 0.6) is 0 Å². The molecule has 0 spiro atoms. The highest BCUT2D eigenvalue weighted by Crippen LogP contribution is 2.35. The van der Waals surface area contributed by atoms with Gasteiger partial charge in [0.25, 0.3) is 5.91 Å². The number of fused-ring (bicyclic) bond motifs is 2. The Morgan fingerprint density at radius 1 is 1.28 bits per heavy atom. The molecular formula is C19H21N5O. The predicted octanol–water partition coefficient (Wildman–Crippen LogP) is 2.46. The van der Waals surface area contributed by atoms with Crippen LogP contribution in [0.4, 0.5) is 0 Å². The second-order valence-corrected chi connectivity index (χ2v) is 7.26. The Morgan fingerprint density at radius 3 is 3.00 bits per heavy atom. The van der Waals surface area contributed by atoms with Gasteiger partial charge in [-0.1, -0.05) is 6.07 Å². The number of nitrogens with zero attached hydrogens (tertiary/aromatic N) is 4. The van der Waals surface area contributed by atoms with Gasteiger partial charge in [0.2, 0.25) is 0 Å². The lowest BCUT2D eigenvalue weighted by Gasteiger charge is -2.34. The first-order valence-electron chi connectivity index (χ1n) is 8.97. The summed E-state index contributed by atoms with van der Waals surface area (Å²) in [6, 6.07) is 6.48. The minimum absolute atomic E-state index is 0.151. The Labute approximate surface area is 145 Å². The number of carbonyl (C=O) groups excluding carboxylic acids is 1. The van der Waals surface area contributed by atoms with Gasteiger partial charge in [0.15, 0.2) is 0 Å². The summed E-state index contributed by atoms with van der Waals surface area (Å²) >= 11 is 0. The second-order valence-electron chi connectivity index (χ2n) is 7.26. The first-order chi connectivity index (χ1) is 12.2. The molecule has 3 aromatic rings. The molecule has 0 radical (unpaired) electrons. The molecule has 1 atom stereocenters. The zero-order valence-electron chi connectivity index (χ0n) is 14.3. The van der Waals surface area contributed by atoms with E-state index in [0.717, 1.165) is 48.6 Å². The molecule has 1 fully saturated rings. The normalized spacial score (nSPS) is 19.8. The van der Waals surface area contributed by atoms with E-state index in [2.05, 4.69) is 20.2 Å². The third-order valence-electron chi connectivity index (χ3n) is 5.45. The van der Waals surface area contributed by atoms with Crippen LogP contribution in [-0.2, 0) is 19.9 Å². The molecule has 0 saturated heterocycles. The van der Waals surface area contributed by atoms with Gasteiger partial charge in [0, 0.05) is 36.4 Å². The fraction of sp³-hybridized carbons (Fsp3) is 0.421. The molecule has 6 heteroatoms. The SMILES string of the molecule is Cn1cc2c(C(=O)N(C3CC3)C3CCc4[nH]ncc4C3)cccc2n1. The minimum Gasteiger partial charge on any atom is -0.332 e. The number of aromatic amines is 1.